The highest BCUT2D eigenvalue weighted by Crippen LogP contribution is 2.31. The zero-order chi connectivity index (χ0) is 22.0. The lowest BCUT2D eigenvalue weighted by atomic mass is 10.0. The molecule has 0 saturated heterocycles. The third kappa shape index (κ3) is 4.68. The Morgan fingerprint density at radius 3 is 2.32 bits per heavy atom. The summed E-state index contributed by atoms with van der Waals surface area (Å²) >= 11 is 11.9. The van der Waals surface area contributed by atoms with Crippen molar-refractivity contribution < 1.29 is 14.3 Å². The van der Waals surface area contributed by atoms with Gasteiger partial charge in [0.2, 0.25) is 0 Å². The molecular weight excluding hydrogens is 435 g/mol. The molecule has 0 radical (unpaired) electrons. The largest absolute Gasteiger partial charge is 0.497 e. The molecule has 1 aliphatic heterocycles. The molecule has 1 heterocycles. The van der Waals surface area contributed by atoms with Crippen molar-refractivity contribution in [2.75, 3.05) is 23.9 Å². The molecule has 158 valence electrons. The van der Waals surface area contributed by atoms with Crippen LogP contribution in [0.2, 0.25) is 10.0 Å². The molecule has 3 aromatic carbocycles. The molecule has 0 aliphatic carbocycles. The molecule has 1 aliphatic rings. The van der Waals surface area contributed by atoms with Gasteiger partial charge in [0, 0.05) is 39.1 Å². The van der Waals surface area contributed by atoms with Gasteiger partial charge in [0.05, 0.1) is 7.11 Å². The highest BCUT2D eigenvalue weighted by molar-refractivity contribution is 6.35. The van der Waals surface area contributed by atoms with Crippen LogP contribution in [0.3, 0.4) is 0 Å². The van der Waals surface area contributed by atoms with E-state index in [2.05, 4.69) is 5.32 Å². The molecular formula is C24H20Cl2N2O3. The first kappa shape index (κ1) is 21.2. The number of amides is 2. The van der Waals surface area contributed by atoms with Crippen LogP contribution in [-0.2, 0) is 6.42 Å². The third-order valence-corrected chi connectivity index (χ3v) is 5.60. The minimum atomic E-state index is -0.331. The van der Waals surface area contributed by atoms with E-state index in [0.29, 0.717) is 33.4 Å². The second-order valence-electron chi connectivity index (χ2n) is 7.24. The highest BCUT2D eigenvalue weighted by atomic mass is 35.5. The number of nitrogens with one attached hydrogen (secondary N) is 1. The summed E-state index contributed by atoms with van der Waals surface area (Å²) in [6.07, 6.45) is 1.80. The molecule has 1 N–H and O–H groups in total. The van der Waals surface area contributed by atoms with E-state index in [0.717, 1.165) is 29.8 Å². The maximum Gasteiger partial charge on any atom is 0.258 e. The lowest BCUT2D eigenvalue weighted by Crippen LogP contribution is -2.35. The Hall–Kier alpha value is -3.02. The second kappa shape index (κ2) is 9.00. The molecule has 31 heavy (non-hydrogen) atoms. The molecule has 0 spiro atoms. The Labute approximate surface area is 190 Å². The minimum Gasteiger partial charge on any atom is -0.497 e. The molecule has 5 nitrogen and oxygen atoms in total. The summed E-state index contributed by atoms with van der Waals surface area (Å²) in [5, 5.41) is 3.57. The summed E-state index contributed by atoms with van der Waals surface area (Å²) < 4.78 is 5.30. The van der Waals surface area contributed by atoms with Gasteiger partial charge < -0.3 is 15.0 Å². The smallest absolute Gasteiger partial charge is 0.258 e. The molecule has 0 bridgehead atoms. The van der Waals surface area contributed by atoms with Gasteiger partial charge in [0.25, 0.3) is 11.8 Å². The van der Waals surface area contributed by atoms with Crippen LogP contribution in [0, 0.1) is 0 Å². The summed E-state index contributed by atoms with van der Waals surface area (Å²) in [6, 6.07) is 17.3. The lowest BCUT2D eigenvalue weighted by molar-refractivity contribution is 0.0984. The number of ether oxygens (including phenoxy) is 1. The summed E-state index contributed by atoms with van der Waals surface area (Å²) in [7, 11) is 1.63. The quantitative estimate of drug-likeness (QED) is 0.537. The fourth-order valence-corrected chi connectivity index (χ4v) is 4.18. The number of hydrogen-bond acceptors (Lipinski definition) is 3. The summed E-state index contributed by atoms with van der Waals surface area (Å²) in [4.78, 5) is 27.4. The Morgan fingerprint density at radius 1 is 0.935 bits per heavy atom. The third-order valence-electron chi connectivity index (χ3n) is 5.16. The predicted molar refractivity (Wildman–Crippen MR) is 124 cm³/mol. The number of methoxy groups -OCH3 is 1. The van der Waals surface area contributed by atoms with Crippen LogP contribution in [0.25, 0.3) is 0 Å². The van der Waals surface area contributed by atoms with E-state index in [1.54, 1.807) is 54.5 Å². The number of rotatable bonds is 4. The second-order valence-corrected chi connectivity index (χ2v) is 8.12. The van der Waals surface area contributed by atoms with E-state index in [-0.39, 0.29) is 11.8 Å². The van der Waals surface area contributed by atoms with Gasteiger partial charge in [-0.1, -0.05) is 23.2 Å². The average molecular weight is 455 g/mol. The van der Waals surface area contributed by atoms with E-state index < -0.39 is 0 Å². The summed E-state index contributed by atoms with van der Waals surface area (Å²) in [5.74, 6) is 0.377. The van der Waals surface area contributed by atoms with Gasteiger partial charge in [-0.2, -0.15) is 0 Å². The van der Waals surface area contributed by atoms with Crippen molar-refractivity contribution in [3.63, 3.8) is 0 Å². The maximum absolute atomic E-state index is 13.1. The molecule has 0 unspecified atom stereocenters. The SMILES string of the molecule is COc1ccc2c(c1)CCCN2C(=O)c1ccc(NC(=O)c2cc(Cl)cc(Cl)c2)cc1. The van der Waals surface area contributed by atoms with E-state index in [4.69, 9.17) is 27.9 Å². The zero-order valence-corrected chi connectivity index (χ0v) is 18.3. The van der Waals surface area contributed by atoms with Crippen molar-refractivity contribution in [3.05, 3.63) is 87.4 Å². The van der Waals surface area contributed by atoms with Gasteiger partial charge in [-0.15, -0.1) is 0 Å². The Balaban J connectivity index is 1.50. The first-order chi connectivity index (χ1) is 14.9. The molecule has 0 fully saturated rings. The number of hydrogen-bond donors (Lipinski definition) is 1. The summed E-state index contributed by atoms with van der Waals surface area (Å²) in [5.41, 5.74) is 3.49. The summed E-state index contributed by atoms with van der Waals surface area (Å²) in [6.45, 7) is 0.659. The number of benzene rings is 3. The van der Waals surface area contributed by atoms with Crippen molar-refractivity contribution in [2.24, 2.45) is 0 Å². The first-order valence-corrected chi connectivity index (χ1v) is 10.6. The van der Waals surface area contributed by atoms with E-state index in [1.807, 2.05) is 18.2 Å². The van der Waals surface area contributed by atoms with Crippen LogP contribution in [0.1, 0.15) is 32.7 Å². The zero-order valence-electron chi connectivity index (χ0n) is 16.8. The van der Waals surface area contributed by atoms with Gasteiger partial charge in [0.15, 0.2) is 0 Å². The highest BCUT2D eigenvalue weighted by Gasteiger charge is 2.24. The van der Waals surface area contributed by atoms with Gasteiger partial charge >= 0.3 is 0 Å². The Morgan fingerprint density at radius 2 is 1.65 bits per heavy atom. The Bertz CT molecular complexity index is 1130. The van der Waals surface area contributed by atoms with Crippen molar-refractivity contribution in [2.45, 2.75) is 12.8 Å². The number of halogens is 2. The number of fused-ring (bicyclic) bond motifs is 1. The molecule has 3 aromatic rings. The molecule has 0 aromatic heterocycles. The van der Waals surface area contributed by atoms with Gasteiger partial charge in [-0.05, 0) is 79.1 Å². The van der Waals surface area contributed by atoms with E-state index in [9.17, 15) is 9.59 Å². The normalized spacial score (nSPS) is 12.8. The predicted octanol–water partition coefficient (Wildman–Crippen LogP) is 5.85. The van der Waals surface area contributed by atoms with E-state index in [1.165, 1.54) is 0 Å². The number of carbonyl (C=O) groups excluding carboxylic acids is 2. The number of aryl methyl sites for hydroxylation is 1. The molecule has 0 saturated carbocycles. The minimum absolute atomic E-state index is 0.0781. The molecule has 4 rings (SSSR count). The average Bonchev–Trinajstić information content (AvgIpc) is 2.77. The first-order valence-electron chi connectivity index (χ1n) is 9.81. The number of carbonyl (C=O) groups is 2. The number of anilines is 2. The molecule has 2 amide bonds. The van der Waals surface area contributed by atoms with Gasteiger partial charge in [-0.3, -0.25) is 9.59 Å². The fourth-order valence-electron chi connectivity index (χ4n) is 3.65. The topological polar surface area (TPSA) is 58.6 Å². The van der Waals surface area contributed by atoms with Crippen molar-refractivity contribution in [1.29, 1.82) is 0 Å². The Kier molecular flexibility index (Phi) is 6.16. The van der Waals surface area contributed by atoms with Gasteiger partial charge in [0.1, 0.15) is 5.75 Å². The fraction of sp³-hybridized carbons (Fsp3) is 0.167. The van der Waals surface area contributed by atoms with Crippen LogP contribution in [0.4, 0.5) is 11.4 Å². The molecule has 0 atom stereocenters. The van der Waals surface area contributed by atoms with Crippen LogP contribution >= 0.6 is 23.2 Å². The van der Waals surface area contributed by atoms with Crippen molar-refractivity contribution in [3.8, 4) is 5.75 Å². The standard InChI is InChI=1S/C24H20Cl2N2O3/c1-31-21-8-9-22-16(13-21)3-2-10-28(22)24(30)15-4-6-20(7-5-15)27-23(29)17-11-18(25)14-19(26)12-17/h4-9,11-14H,2-3,10H2,1H3,(H,27,29). The van der Waals surface area contributed by atoms with Crippen molar-refractivity contribution in [1.82, 2.24) is 0 Å². The lowest BCUT2D eigenvalue weighted by Gasteiger charge is -2.30. The van der Waals surface area contributed by atoms with Gasteiger partial charge in [-0.25, -0.2) is 0 Å². The molecule has 7 heteroatoms. The van der Waals surface area contributed by atoms with E-state index >= 15 is 0 Å². The van der Waals surface area contributed by atoms with Crippen LogP contribution in [-0.4, -0.2) is 25.5 Å². The van der Waals surface area contributed by atoms with Crippen molar-refractivity contribution >= 4 is 46.4 Å². The maximum atomic E-state index is 13.1. The van der Waals surface area contributed by atoms with Crippen LogP contribution < -0.4 is 15.0 Å². The monoisotopic (exact) mass is 454 g/mol. The van der Waals surface area contributed by atoms with Crippen LogP contribution in [0.5, 0.6) is 5.75 Å². The number of nitrogens with zero attached hydrogens (tertiary/aromatic N) is 1. The van der Waals surface area contributed by atoms with Crippen LogP contribution in [0.15, 0.2) is 60.7 Å².